The Balaban J connectivity index is 1.45. The summed E-state index contributed by atoms with van der Waals surface area (Å²) in [6, 6.07) is 19.6. The summed E-state index contributed by atoms with van der Waals surface area (Å²) < 4.78 is 11.6. The fourth-order valence-corrected chi connectivity index (χ4v) is 3.47. The number of hydrogen-bond acceptors (Lipinski definition) is 3. The summed E-state index contributed by atoms with van der Waals surface area (Å²) in [4.78, 5) is 12.7. The van der Waals surface area contributed by atoms with Crippen LogP contribution in [0.4, 0.5) is 0 Å². The van der Waals surface area contributed by atoms with Crippen molar-refractivity contribution in [3.05, 3.63) is 83.3 Å². The molecule has 2 aromatic heterocycles. The number of furan rings is 2. The number of ketones is 1. The number of allylic oxidation sites excluding steroid dienone is 2. The molecule has 0 spiro atoms. The fourth-order valence-electron chi connectivity index (χ4n) is 3.47. The Bertz CT molecular complexity index is 1040. The van der Waals surface area contributed by atoms with Gasteiger partial charge in [-0.3, -0.25) is 4.79 Å². The molecule has 2 aromatic carbocycles. The number of rotatable bonds is 2. The van der Waals surface area contributed by atoms with Crippen molar-refractivity contribution in [3.63, 3.8) is 0 Å². The summed E-state index contributed by atoms with van der Waals surface area (Å²) in [6.45, 7) is 0. The zero-order valence-electron chi connectivity index (χ0n) is 14.1. The highest BCUT2D eigenvalue weighted by Gasteiger charge is 2.24. The average Bonchev–Trinajstić information content (AvgIpc) is 3.33. The fraction of sp³-hybridized carbons (Fsp3) is 0.0870. The van der Waals surface area contributed by atoms with E-state index in [0.29, 0.717) is 0 Å². The Kier molecular flexibility index (Phi) is 3.39. The summed E-state index contributed by atoms with van der Waals surface area (Å²) in [5.41, 5.74) is 3.24. The van der Waals surface area contributed by atoms with Crippen LogP contribution >= 0.6 is 0 Å². The first kappa shape index (κ1) is 15.0. The van der Waals surface area contributed by atoms with Gasteiger partial charge in [-0.05, 0) is 49.3 Å². The third-order valence-corrected chi connectivity index (χ3v) is 4.77. The van der Waals surface area contributed by atoms with Crippen molar-refractivity contribution in [1.29, 1.82) is 0 Å². The van der Waals surface area contributed by atoms with Crippen LogP contribution < -0.4 is 0 Å². The molecule has 1 aliphatic rings. The van der Waals surface area contributed by atoms with Crippen LogP contribution in [0.1, 0.15) is 24.4 Å². The van der Waals surface area contributed by atoms with E-state index in [2.05, 4.69) is 0 Å². The van der Waals surface area contributed by atoms with Crippen LogP contribution in [-0.2, 0) is 4.79 Å². The first-order valence-corrected chi connectivity index (χ1v) is 8.69. The quantitative estimate of drug-likeness (QED) is 0.420. The van der Waals surface area contributed by atoms with Gasteiger partial charge in [-0.1, -0.05) is 36.4 Å². The van der Waals surface area contributed by atoms with E-state index >= 15 is 0 Å². The minimum atomic E-state index is 0.0749. The molecule has 26 heavy (non-hydrogen) atoms. The van der Waals surface area contributed by atoms with Crippen molar-refractivity contribution in [3.8, 4) is 0 Å². The smallest absolute Gasteiger partial charge is 0.185 e. The SMILES string of the molecule is O=C1/C(=C\c2cc3ccccc3o2)CC/C1=C\c1cc2ccccc2o1. The molecule has 5 rings (SSSR count). The van der Waals surface area contributed by atoms with E-state index in [1.807, 2.05) is 72.8 Å². The molecule has 1 aliphatic carbocycles. The minimum absolute atomic E-state index is 0.0749. The molecular formula is C23H16O3. The van der Waals surface area contributed by atoms with Gasteiger partial charge in [-0.25, -0.2) is 0 Å². The normalized spacial score (nSPS) is 17.9. The van der Waals surface area contributed by atoms with Gasteiger partial charge in [0, 0.05) is 21.9 Å². The van der Waals surface area contributed by atoms with Crippen LogP contribution in [0.3, 0.4) is 0 Å². The molecule has 0 saturated heterocycles. The number of fused-ring (bicyclic) bond motifs is 2. The standard InChI is InChI=1S/C23H16O3/c24-23-17(13-19-11-15-5-1-3-7-21(15)25-19)9-10-18(23)14-20-12-16-6-2-4-8-22(16)26-20/h1-8,11-14H,9-10H2/b17-13-,18-14+. The predicted molar refractivity (Wildman–Crippen MR) is 103 cm³/mol. The van der Waals surface area contributed by atoms with Crippen LogP contribution in [0, 0.1) is 0 Å². The number of carbonyl (C=O) groups is 1. The molecule has 3 nitrogen and oxygen atoms in total. The molecule has 126 valence electrons. The number of carbonyl (C=O) groups excluding carboxylic acids is 1. The Labute approximate surface area is 150 Å². The molecule has 3 heteroatoms. The molecule has 1 fully saturated rings. The molecule has 0 N–H and O–H groups in total. The lowest BCUT2D eigenvalue weighted by atomic mass is 10.1. The van der Waals surface area contributed by atoms with Gasteiger partial charge in [0.2, 0.25) is 0 Å². The summed E-state index contributed by atoms with van der Waals surface area (Å²) in [5, 5.41) is 2.09. The van der Waals surface area contributed by atoms with Gasteiger partial charge in [0.1, 0.15) is 22.7 Å². The largest absolute Gasteiger partial charge is 0.457 e. The molecule has 0 radical (unpaired) electrons. The molecule has 4 aromatic rings. The molecule has 0 bridgehead atoms. The van der Waals surface area contributed by atoms with Crippen LogP contribution in [-0.4, -0.2) is 5.78 Å². The topological polar surface area (TPSA) is 43.4 Å². The van der Waals surface area contributed by atoms with Gasteiger partial charge >= 0.3 is 0 Å². The Morgan fingerprint density at radius 2 is 1.15 bits per heavy atom. The lowest BCUT2D eigenvalue weighted by Gasteiger charge is -1.93. The second kappa shape index (κ2) is 5.88. The maximum atomic E-state index is 12.7. The number of Topliss-reactive ketones (excluding diaryl/α,β-unsaturated/α-hetero) is 1. The number of benzene rings is 2. The van der Waals surface area contributed by atoms with E-state index in [1.165, 1.54) is 0 Å². The highest BCUT2D eigenvalue weighted by molar-refractivity contribution is 6.15. The van der Waals surface area contributed by atoms with Gasteiger partial charge in [0.25, 0.3) is 0 Å². The highest BCUT2D eigenvalue weighted by atomic mass is 16.3. The first-order valence-electron chi connectivity index (χ1n) is 8.69. The van der Waals surface area contributed by atoms with Crippen molar-refractivity contribution in [2.75, 3.05) is 0 Å². The molecule has 2 heterocycles. The molecule has 0 unspecified atom stereocenters. The molecular weight excluding hydrogens is 324 g/mol. The van der Waals surface area contributed by atoms with E-state index in [0.717, 1.165) is 57.4 Å². The van der Waals surface area contributed by atoms with Crippen LogP contribution in [0.5, 0.6) is 0 Å². The summed E-state index contributed by atoms with van der Waals surface area (Å²) >= 11 is 0. The Morgan fingerprint density at radius 3 is 1.62 bits per heavy atom. The van der Waals surface area contributed by atoms with Crippen molar-refractivity contribution in [1.82, 2.24) is 0 Å². The van der Waals surface area contributed by atoms with E-state index in [1.54, 1.807) is 0 Å². The molecule has 0 amide bonds. The lowest BCUT2D eigenvalue weighted by molar-refractivity contribution is -0.111. The highest BCUT2D eigenvalue weighted by Crippen LogP contribution is 2.31. The Hall–Kier alpha value is -3.33. The van der Waals surface area contributed by atoms with Crippen LogP contribution in [0.25, 0.3) is 34.1 Å². The summed E-state index contributed by atoms with van der Waals surface area (Å²) in [7, 11) is 0. The number of hydrogen-bond donors (Lipinski definition) is 0. The van der Waals surface area contributed by atoms with Gasteiger partial charge in [-0.15, -0.1) is 0 Å². The van der Waals surface area contributed by atoms with Crippen molar-refractivity contribution in [2.24, 2.45) is 0 Å². The summed E-state index contributed by atoms with van der Waals surface area (Å²) in [5.74, 6) is 1.52. The van der Waals surface area contributed by atoms with Crippen molar-refractivity contribution in [2.45, 2.75) is 12.8 Å². The molecule has 0 atom stereocenters. The zero-order valence-corrected chi connectivity index (χ0v) is 14.1. The van der Waals surface area contributed by atoms with Gasteiger partial charge in [0.15, 0.2) is 5.78 Å². The van der Waals surface area contributed by atoms with Gasteiger partial charge < -0.3 is 8.83 Å². The van der Waals surface area contributed by atoms with E-state index in [9.17, 15) is 4.79 Å². The van der Waals surface area contributed by atoms with Gasteiger partial charge in [0.05, 0.1) is 0 Å². The number of para-hydroxylation sites is 2. The van der Waals surface area contributed by atoms with Crippen molar-refractivity contribution >= 4 is 39.9 Å². The van der Waals surface area contributed by atoms with Crippen molar-refractivity contribution < 1.29 is 13.6 Å². The maximum Gasteiger partial charge on any atom is 0.185 e. The van der Waals surface area contributed by atoms with E-state index in [-0.39, 0.29) is 5.78 Å². The van der Waals surface area contributed by atoms with Crippen LogP contribution in [0.2, 0.25) is 0 Å². The maximum absolute atomic E-state index is 12.7. The first-order chi connectivity index (χ1) is 12.8. The third kappa shape index (κ3) is 2.58. The second-order valence-electron chi connectivity index (χ2n) is 6.54. The average molecular weight is 340 g/mol. The minimum Gasteiger partial charge on any atom is -0.457 e. The second-order valence-corrected chi connectivity index (χ2v) is 6.54. The summed E-state index contributed by atoms with van der Waals surface area (Å²) in [6.07, 6.45) is 5.17. The monoisotopic (exact) mass is 340 g/mol. The van der Waals surface area contributed by atoms with Crippen LogP contribution in [0.15, 0.2) is 80.6 Å². The molecule has 0 aliphatic heterocycles. The Morgan fingerprint density at radius 1 is 0.692 bits per heavy atom. The third-order valence-electron chi connectivity index (χ3n) is 4.77. The predicted octanol–water partition coefficient (Wildman–Crippen LogP) is 6.01. The van der Waals surface area contributed by atoms with E-state index in [4.69, 9.17) is 8.83 Å². The zero-order chi connectivity index (χ0) is 17.5. The molecule has 1 saturated carbocycles. The lowest BCUT2D eigenvalue weighted by Crippen LogP contribution is -1.95. The van der Waals surface area contributed by atoms with E-state index < -0.39 is 0 Å². The van der Waals surface area contributed by atoms with Gasteiger partial charge in [-0.2, -0.15) is 0 Å².